The highest BCUT2D eigenvalue weighted by atomic mass is 16.1. The Balaban J connectivity index is 2.70. The van der Waals surface area contributed by atoms with E-state index in [2.05, 4.69) is 18.3 Å². The van der Waals surface area contributed by atoms with Gasteiger partial charge < -0.3 is 5.32 Å². The molecule has 2 heteroatoms. The summed E-state index contributed by atoms with van der Waals surface area (Å²) >= 11 is 0. The molecule has 0 fully saturated rings. The van der Waals surface area contributed by atoms with Crippen molar-refractivity contribution in [2.75, 3.05) is 6.54 Å². The molecule has 0 unspecified atom stereocenters. The van der Waals surface area contributed by atoms with Gasteiger partial charge in [0.15, 0.2) is 0 Å². The maximum atomic E-state index is 11.5. The van der Waals surface area contributed by atoms with Gasteiger partial charge in [-0.05, 0) is 24.5 Å². The van der Waals surface area contributed by atoms with Crippen molar-refractivity contribution in [2.24, 2.45) is 0 Å². The Labute approximate surface area is 91.7 Å². The molecule has 15 heavy (non-hydrogen) atoms. The number of rotatable bonds is 5. The predicted molar refractivity (Wildman–Crippen MR) is 62.8 cm³/mol. The largest absolute Gasteiger partial charge is 0.356 e. The van der Waals surface area contributed by atoms with E-state index in [-0.39, 0.29) is 5.91 Å². The molecule has 1 N–H and O–H groups in total. The summed E-state index contributed by atoms with van der Waals surface area (Å²) in [6.07, 6.45) is 2.67. The van der Waals surface area contributed by atoms with Crippen molar-refractivity contribution in [2.45, 2.75) is 33.1 Å². The molecule has 0 saturated heterocycles. The Kier molecular flexibility index (Phi) is 4.88. The second-order valence-corrected chi connectivity index (χ2v) is 3.65. The third kappa shape index (κ3) is 3.74. The fraction of sp³-hybridized carbons (Fsp3) is 0.462. The molecule has 0 saturated carbocycles. The minimum absolute atomic E-state index is 0.112. The SMILES string of the molecule is CCCc1ccccc1CC(=O)NCC. The van der Waals surface area contributed by atoms with E-state index in [1.807, 2.05) is 25.1 Å². The number of nitrogens with one attached hydrogen (secondary N) is 1. The van der Waals surface area contributed by atoms with Crippen molar-refractivity contribution in [3.05, 3.63) is 35.4 Å². The van der Waals surface area contributed by atoms with E-state index in [1.165, 1.54) is 5.56 Å². The summed E-state index contributed by atoms with van der Waals surface area (Å²) in [5.74, 6) is 0.112. The van der Waals surface area contributed by atoms with Crippen LogP contribution in [0.1, 0.15) is 31.4 Å². The van der Waals surface area contributed by atoms with Crippen LogP contribution in [0.5, 0.6) is 0 Å². The molecule has 2 nitrogen and oxygen atoms in total. The van der Waals surface area contributed by atoms with E-state index in [9.17, 15) is 4.79 Å². The highest BCUT2D eigenvalue weighted by Crippen LogP contribution is 2.11. The van der Waals surface area contributed by atoms with Gasteiger partial charge in [0.2, 0.25) is 5.91 Å². The summed E-state index contributed by atoms with van der Waals surface area (Å²) < 4.78 is 0. The van der Waals surface area contributed by atoms with Crippen LogP contribution in [0.2, 0.25) is 0 Å². The van der Waals surface area contributed by atoms with Gasteiger partial charge >= 0.3 is 0 Å². The van der Waals surface area contributed by atoms with Gasteiger partial charge in [0.25, 0.3) is 0 Å². The number of benzene rings is 1. The lowest BCUT2D eigenvalue weighted by atomic mass is 10.0. The van der Waals surface area contributed by atoms with E-state index in [1.54, 1.807) is 0 Å². The molecular weight excluding hydrogens is 186 g/mol. The molecule has 0 spiro atoms. The molecule has 1 aromatic carbocycles. The lowest BCUT2D eigenvalue weighted by Gasteiger charge is -2.08. The van der Waals surface area contributed by atoms with Gasteiger partial charge in [-0.3, -0.25) is 4.79 Å². The standard InChI is InChI=1S/C13H19NO/c1-3-7-11-8-5-6-9-12(11)10-13(15)14-4-2/h5-6,8-9H,3-4,7,10H2,1-2H3,(H,14,15). The van der Waals surface area contributed by atoms with Crippen LogP contribution in [0.4, 0.5) is 0 Å². The maximum absolute atomic E-state index is 11.5. The third-order valence-corrected chi connectivity index (χ3v) is 2.36. The molecule has 82 valence electrons. The normalized spacial score (nSPS) is 10.0. The lowest BCUT2D eigenvalue weighted by Crippen LogP contribution is -2.24. The maximum Gasteiger partial charge on any atom is 0.224 e. The summed E-state index contributed by atoms with van der Waals surface area (Å²) in [6.45, 7) is 4.80. The number of aryl methyl sites for hydroxylation is 1. The quantitative estimate of drug-likeness (QED) is 0.785. The van der Waals surface area contributed by atoms with Crippen molar-refractivity contribution in [1.29, 1.82) is 0 Å². The van der Waals surface area contributed by atoms with Crippen LogP contribution in [0.15, 0.2) is 24.3 Å². The monoisotopic (exact) mass is 205 g/mol. The third-order valence-electron chi connectivity index (χ3n) is 2.36. The fourth-order valence-electron chi connectivity index (χ4n) is 1.68. The molecular formula is C13H19NO. The first kappa shape index (κ1) is 11.8. The number of carbonyl (C=O) groups is 1. The van der Waals surface area contributed by atoms with E-state index in [4.69, 9.17) is 0 Å². The Bertz CT molecular complexity index is 320. The van der Waals surface area contributed by atoms with Crippen molar-refractivity contribution in [1.82, 2.24) is 5.32 Å². The molecule has 0 aliphatic carbocycles. The predicted octanol–water partition coefficient (Wildman–Crippen LogP) is 2.32. The highest BCUT2D eigenvalue weighted by molar-refractivity contribution is 5.78. The van der Waals surface area contributed by atoms with E-state index < -0.39 is 0 Å². The van der Waals surface area contributed by atoms with Gasteiger partial charge in [-0.15, -0.1) is 0 Å². The molecule has 1 amide bonds. The van der Waals surface area contributed by atoms with E-state index in [0.717, 1.165) is 18.4 Å². The highest BCUT2D eigenvalue weighted by Gasteiger charge is 2.05. The van der Waals surface area contributed by atoms with Gasteiger partial charge in [0, 0.05) is 6.54 Å². The second kappa shape index (κ2) is 6.23. The zero-order valence-electron chi connectivity index (χ0n) is 9.55. The number of amides is 1. The van der Waals surface area contributed by atoms with Gasteiger partial charge in [-0.2, -0.15) is 0 Å². The summed E-state index contributed by atoms with van der Waals surface area (Å²) in [5.41, 5.74) is 2.46. The first-order valence-electron chi connectivity index (χ1n) is 5.61. The molecule has 0 aliphatic heterocycles. The molecule has 1 aromatic rings. The fourth-order valence-corrected chi connectivity index (χ4v) is 1.68. The number of hydrogen-bond acceptors (Lipinski definition) is 1. The lowest BCUT2D eigenvalue weighted by molar-refractivity contribution is -0.120. The second-order valence-electron chi connectivity index (χ2n) is 3.65. The van der Waals surface area contributed by atoms with Crippen molar-refractivity contribution in [3.63, 3.8) is 0 Å². The molecule has 0 bridgehead atoms. The van der Waals surface area contributed by atoms with Crippen LogP contribution in [-0.4, -0.2) is 12.5 Å². The van der Waals surface area contributed by atoms with Crippen LogP contribution >= 0.6 is 0 Å². The Morgan fingerprint density at radius 3 is 2.47 bits per heavy atom. The van der Waals surface area contributed by atoms with Crippen molar-refractivity contribution in [3.8, 4) is 0 Å². The molecule has 0 radical (unpaired) electrons. The van der Waals surface area contributed by atoms with E-state index in [0.29, 0.717) is 13.0 Å². The minimum Gasteiger partial charge on any atom is -0.356 e. The van der Waals surface area contributed by atoms with Gasteiger partial charge in [-0.25, -0.2) is 0 Å². The molecule has 0 heterocycles. The van der Waals surface area contributed by atoms with Crippen LogP contribution in [0, 0.1) is 0 Å². The molecule has 0 aliphatic rings. The first-order chi connectivity index (χ1) is 7.27. The average molecular weight is 205 g/mol. The smallest absolute Gasteiger partial charge is 0.224 e. The zero-order chi connectivity index (χ0) is 11.1. The van der Waals surface area contributed by atoms with Crippen LogP contribution in [-0.2, 0) is 17.6 Å². The summed E-state index contributed by atoms with van der Waals surface area (Å²) in [6, 6.07) is 8.18. The minimum atomic E-state index is 0.112. The van der Waals surface area contributed by atoms with Crippen LogP contribution in [0.3, 0.4) is 0 Å². The Morgan fingerprint density at radius 2 is 1.87 bits per heavy atom. The first-order valence-corrected chi connectivity index (χ1v) is 5.61. The summed E-state index contributed by atoms with van der Waals surface area (Å²) in [7, 11) is 0. The zero-order valence-corrected chi connectivity index (χ0v) is 9.55. The number of likely N-dealkylation sites (N-methyl/N-ethyl adjacent to an activating group) is 1. The molecule has 0 aromatic heterocycles. The Morgan fingerprint density at radius 1 is 1.20 bits per heavy atom. The van der Waals surface area contributed by atoms with E-state index >= 15 is 0 Å². The van der Waals surface area contributed by atoms with Gasteiger partial charge in [0.1, 0.15) is 0 Å². The van der Waals surface area contributed by atoms with Crippen molar-refractivity contribution < 1.29 is 4.79 Å². The van der Waals surface area contributed by atoms with Crippen LogP contribution < -0.4 is 5.32 Å². The number of carbonyl (C=O) groups excluding carboxylic acids is 1. The molecule has 0 atom stereocenters. The van der Waals surface area contributed by atoms with Crippen LogP contribution in [0.25, 0.3) is 0 Å². The van der Waals surface area contributed by atoms with Gasteiger partial charge in [-0.1, -0.05) is 37.6 Å². The van der Waals surface area contributed by atoms with Crippen molar-refractivity contribution >= 4 is 5.91 Å². The van der Waals surface area contributed by atoms with Gasteiger partial charge in [0.05, 0.1) is 6.42 Å². The summed E-state index contributed by atoms with van der Waals surface area (Å²) in [4.78, 5) is 11.5. The summed E-state index contributed by atoms with van der Waals surface area (Å²) in [5, 5.41) is 2.82. The topological polar surface area (TPSA) is 29.1 Å². The molecule has 1 rings (SSSR count). The average Bonchev–Trinajstić information content (AvgIpc) is 2.21. The number of hydrogen-bond donors (Lipinski definition) is 1. The Hall–Kier alpha value is -1.31.